The van der Waals surface area contributed by atoms with Gasteiger partial charge in [-0.2, -0.15) is 21.6 Å². The van der Waals surface area contributed by atoms with Crippen LogP contribution in [0.2, 0.25) is 0 Å². The summed E-state index contributed by atoms with van der Waals surface area (Å²) in [5.74, 6) is -0.395. The van der Waals surface area contributed by atoms with E-state index < -0.39 is 32.2 Å². The summed E-state index contributed by atoms with van der Waals surface area (Å²) in [4.78, 5) is -0.485. The van der Waals surface area contributed by atoms with Gasteiger partial charge in [0.2, 0.25) is 0 Å². The van der Waals surface area contributed by atoms with E-state index in [1.54, 1.807) is 6.07 Å². The molecule has 0 unspecified atom stereocenters. The predicted molar refractivity (Wildman–Crippen MR) is 109 cm³/mol. The molecule has 2 aromatic carbocycles. The van der Waals surface area contributed by atoms with Crippen LogP contribution >= 0.6 is 0 Å². The van der Waals surface area contributed by atoms with Gasteiger partial charge in [0.15, 0.2) is 0 Å². The lowest BCUT2D eigenvalue weighted by atomic mass is 9.72. The highest BCUT2D eigenvalue weighted by Gasteiger charge is 2.32. The van der Waals surface area contributed by atoms with Crippen LogP contribution in [0, 0.1) is 5.41 Å². The summed E-state index contributed by atoms with van der Waals surface area (Å²) in [6, 6.07) is 6.82. The average Bonchev–Trinajstić information content (AvgIpc) is 2.52. The molecule has 0 aliphatic heterocycles. The summed E-state index contributed by atoms with van der Waals surface area (Å²) in [6.07, 6.45) is -3.84. The van der Waals surface area contributed by atoms with Crippen LogP contribution in [0.4, 0.5) is 18.9 Å². The molecule has 0 bridgehead atoms. The number of anilines is 1. The molecule has 0 aromatic heterocycles. The Bertz CT molecular complexity index is 1040. The van der Waals surface area contributed by atoms with Crippen LogP contribution in [0.5, 0.6) is 11.5 Å². The van der Waals surface area contributed by atoms with E-state index >= 15 is 0 Å². The van der Waals surface area contributed by atoms with Gasteiger partial charge in [0, 0.05) is 0 Å². The second-order valence-corrected chi connectivity index (χ2v) is 10.5. The lowest BCUT2D eigenvalue weighted by Gasteiger charge is -2.33. The van der Waals surface area contributed by atoms with Gasteiger partial charge in [0.1, 0.15) is 16.4 Å². The third-order valence-electron chi connectivity index (χ3n) is 4.53. The van der Waals surface area contributed by atoms with Gasteiger partial charge in [-0.25, -0.2) is 0 Å². The zero-order chi connectivity index (χ0) is 23.1. The molecule has 0 saturated heterocycles. The van der Waals surface area contributed by atoms with Gasteiger partial charge in [0.05, 0.1) is 11.3 Å². The van der Waals surface area contributed by atoms with Crippen molar-refractivity contribution >= 4 is 15.8 Å². The molecule has 5 nitrogen and oxygen atoms in total. The van der Waals surface area contributed by atoms with Crippen molar-refractivity contribution in [3.8, 4) is 11.5 Å². The number of alkyl halides is 3. The Labute approximate surface area is 174 Å². The fraction of sp³-hybridized carbons (Fsp3) is 0.429. The van der Waals surface area contributed by atoms with E-state index in [0.717, 1.165) is 18.6 Å². The highest BCUT2D eigenvalue weighted by atomic mass is 32.2. The Hall–Kier alpha value is -2.26. The molecule has 0 atom stereocenters. The first kappa shape index (κ1) is 24.0. The van der Waals surface area contributed by atoms with Crippen molar-refractivity contribution in [1.82, 2.24) is 0 Å². The summed E-state index contributed by atoms with van der Waals surface area (Å²) in [7, 11) is -4.67. The molecule has 2 aromatic rings. The van der Waals surface area contributed by atoms with E-state index in [1.165, 1.54) is 12.1 Å². The number of benzene rings is 2. The quantitative estimate of drug-likeness (QED) is 0.433. The molecule has 0 aliphatic rings. The Morgan fingerprint density at radius 1 is 0.933 bits per heavy atom. The van der Waals surface area contributed by atoms with Crippen molar-refractivity contribution in [3.63, 3.8) is 0 Å². The molecule has 0 heterocycles. The van der Waals surface area contributed by atoms with Gasteiger partial charge < -0.3 is 10.5 Å². The Morgan fingerprint density at radius 2 is 1.47 bits per heavy atom. The molecule has 0 amide bonds. The van der Waals surface area contributed by atoms with E-state index in [2.05, 4.69) is 20.8 Å². The molecule has 0 fully saturated rings. The number of nitrogens with two attached hydrogens (primary N) is 1. The van der Waals surface area contributed by atoms with Crippen LogP contribution in [-0.2, 0) is 21.7 Å². The van der Waals surface area contributed by atoms with E-state index in [4.69, 9.17) is 10.5 Å². The molecule has 9 heteroatoms. The Morgan fingerprint density at radius 3 is 1.93 bits per heavy atom. The minimum Gasteiger partial charge on any atom is -0.454 e. The minimum absolute atomic E-state index is 0.0361. The topological polar surface area (TPSA) is 89.6 Å². The van der Waals surface area contributed by atoms with Crippen molar-refractivity contribution in [2.24, 2.45) is 5.41 Å². The highest BCUT2D eigenvalue weighted by Crippen LogP contribution is 2.41. The number of hydrogen-bond donors (Lipinski definition) is 2. The zero-order valence-corrected chi connectivity index (χ0v) is 18.3. The lowest BCUT2D eigenvalue weighted by molar-refractivity contribution is -0.137. The Balaban J connectivity index is 2.50. The van der Waals surface area contributed by atoms with Crippen LogP contribution in [0.1, 0.15) is 52.2 Å². The molecule has 2 rings (SSSR count). The van der Waals surface area contributed by atoms with Gasteiger partial charge in [-0.3, -0.25) is 4.55 Å². The minimum atomic E-state index is -4.67. The summed E-state index contributed by atoms with van der Waals surface area (Å²) in [5, 5.41) is 0. The maximum atomic E-state index is 12.8. The monoisotopic (exact) mass is 445 g/mol. The smallest absolute Gasteiger partial charge is 0.416 e. The van der Waals surface area contributed by atoms with E-state index in [-0.39, 0.29) is 22.6 Å². The molecule has 0 spiro atoms. The first-order valence-corrected chi connectivity index (χ1v) is 10.6. The maximum Gasteiger partial charge on any atom is 0.416 e. The maximum absolute atomic E-state index is 12.8. The second kappa shape index (κ2) is 7.77. The summed E-state index contributed by atoms with van der Waals surface area (Å²) >= 11 is 0. The first-order chi connectivity index (χ1) is 13.4. The summed E-state index contributed by atoms with van der Waals surface area (Å²) in [5.41, 5.74) is 4.60. The second-order valence-electron chi connectivity index (χ2n) is 9.11. The first-order valence-electron chi connectivity index (χ1n) is 9.17. The van der Waals surface area contributed by atoms with Crippen LogP contribution < -0.4 is 10.5 Å². The normalized spacial score (nSPS) is 13.4. The fourth-order valence-corrected chi connectivity index (χ4v) is 4.22. The predicted octanol–water partition coefficient (Wildman–Crippen LogP) is 6.04. The molecule has 3 N–H and O–H groups in total. The van der Waals surface area contributed by atoms with E-state index in [1.807, 2.05) is 13.8 Å². The van der Waals surface area contributed by atoms with Gasteiger partial charge in [-0.15, -0.1) is 0 Å². The van der Waals surface area contributed by atoms with Crippen molar-refractivity contribution in [3.05, 3.63) is 47.5 Å². The molecule has 166 valence electrons. The van der Waals surface area contributed by atoms with Crippen LogP contribution in [0.15, 0.2) is 41.3 Å². The van der Waals surface area contributed by atoms with Gasteiger partial charge in [-0.05, 0) is 53.1 Å². The van der Waals surface area contributed by atoms with Crippen molar-refractivity contribution in [2.75, 3.05) is 5.73 Å². The van der Waals surface area contributed by atoms with E-state index in [0.29, 0.717) is 11.6 Å². The van der Waals surface area contributed by atoms with E-state index in [9.17, 15) is 26.1 Å². The van der Waals surface area contributed by atoms with Gasteiger partial charge in [0.25, 0.3) is 10.1 Å². The Kier molecular flexibility index (Phi) is 6.22. The molecular formula is C21H26F3NO4S. The zero-order valence-electron chi connectivity index (χ0n) is 17.5. The number of halogens is 3. The van der Waals surface area contributed by atoms with Crippen molar-refractivity contribution < 1.29 is 30.9 Å². The molecule has 0 saturated carbocycles. The van der Waals surface area contributed by atoms with Gasteiger partial charge >= 0.3 is 6.18 Å². The van der Waals surface area contributed by atoms with Crippen LogP contribution in [0.25, 0.3) is 0 Å². The standard InChI is InChI=1S/C21H26F3NO4S/c1-19(2,3)12-20(4,5)13-6-9-17(18(11-13)30(26,27)28)29-16-8-7-14(10-15(16)25)21(22,23)24/h6-11H,12,25H2,1-5H3,(H,26,27,28). The van der Waals surface area contributed by atoms with Crippen molar-refractivity contribution in [2.45, 2.75) is 57.5 Å². The SMILES string of the molecule is CC(C)(C)CC(C)(C)c1ccc(Oc2ccc(C(F)(F)F)cc2N)c(S(=O)(=O)O)c1. The lowest BCUT2D eigenvalue weighted by Crippen LogP contribution is -2.25. The van der Waals surface area contributed by atoms with Gasteiger partial charge in [-0.1, -0.05) is 40.7 Å². The summed E-state index contributed by atoms with van der Waals surface area (Å²) in [6.45, 7) is 10.1. The third kappa shape index (κ3) is 5.89. The van der Waals surface area contributed by atoms with Crippen LogP contribution in [-0.4, -0.2) is 13.0 Å². The highest BCUT2D eigenvalue weighted by molar-refractivity contribution is 7.86. The molecule has 30 heavy (non-hydrogen) atoms. The number of rotatable bonds is 5. The summed E-state index contributed by atoms with van der Waals surface area (Å²) < 4.78 is 77.6. The number of ether oxygens (including phenoxy) is 1. The molecule has 0 aliphatic carbocycles. The van der Waals surface area contributed by atoms with Crippen LogP contribution in [0.3, 0.4) is 0 Å². The third-order valence-corrected chi connectivity index (χ3v) is 5.41. The number of nitrogen functional groups attached to an aromatic ring is 1. The molecular weight excluding hydrogens is 419 g/mol. The average molecular weight is 446 g/mol. The molecule has 0 radical (unpaired) electrons. The van der Waals surface area contributed by atoms with Crippen molar-refractivity contribution in [1.29, 1.82) is 0 Å². The number of hydrogen-bond acceptors (Lipinski definition) is 4. The fourth-order valence-electron chi connectivity index (χ4n) is 3.58. The largest absolute Gasteiger partial charge is 0.454 e.